The van der Waals surface area contributed by atoms with E-state index in [1.807, 2.05) is 92.9 Å². The molecule has 1 aliphatic carbocycles. The Hall–Kier alpha value is -5.43. The van der Waals surface area contributed by atoms with Gasteiger partial charge in [-0.1, -0.05) is 62.7 Å². The number of carbonyl (C=O) groups is 2. The Bertz CT molecular complexity index is 2120. The van der Waals surface area contributed by atoms with Crippen molar-refractivity contribution in [2.45, 2.75) is 91.0 Å². The van der Waals surface area contributed by atoms with E-state index in [4.69, 9.17) is 14.6 Å². The quantitative estimate of drug-likeness (QED) is 0.178. The molecule has 2 atom stereocenters. The van der Waals surface area contributed by atoms with Gasteiger partial charge in [0.2, 0.25) is 0 Å². The summed E-state index contributed by atoms with van der Waals surface area (Å²) in [5, 5.41) is 20.1. The minimum Gasteiger partial charge on any atom is -0.484 e. The van der Waals surface area contributed by atoms with Crippen LogP contribution in [-0.4, -0.2) is 78.1 Å². The van der Waals surface area contributed by atoms with Crippen LogP contribution in [0.15, 0.2) is 72.9 Å². The van der Waals surface area contributed by atoms with E-state index in [9.17, 15) is 9.59 Å². The van der Waals surface area contributed by atoms with Crippen LogP contribution in [0, 0.1) is 6.92 Å². The highest BCUT2D eigenvalue weighted by Crippen LogP contribution is 2.39. The number of hydrogen-bond acceptors (Lipinski definition) is 8. The molecule has 2 N–H and O–H groups in total. The summed E-state index contributed by atoms with van der Waals surface area (Å²) in [5.74, 6) is 2.12. The molecule has 0 spiro atoms. The largest absolute Gasteiger partial charge is 0.484 e. The lowest BCUT2D eigenvalue weighted by molar-refractivity contribution is 0.0137. The third kappa shape index (κ3) is 8.36. The van der Waals surface area contributed by atoms with E-state index >= 15 is 0 Å². The molecule has 54 heavy (non-hydrogen) atoms. The number of nitrogens with zero attached hydrogens (tertiary/aromatic N) is 7. The third-order valence-corrected chi connectivity index (χ3v) is 9.85. The smallest absolute Gasteiger partial charge is 0.410 e. The van der Waals surface area contributed by atoms with Gasteiger partial charge in [0, 0.05) is 37.7 Å². The Labute approximate surface area is 316 Å². The molecule has 1 saturated heterocycles. The summed E-state index contributed by atoms with van der Waals surface area (Å²) in [4.78, 5) is 30.2. The molecule has 13 heteroatoms. The van der Waals surface area contributed by atoms with Gasteiger partial charge in [0.1, 0.15) is 23.3 Å². The summed E-state index contributed by atoms with van der Waals surface area (Å²) >= 11 is 0. The van der Waals surface area contributed by atoms with E-state index in [1.165, 1.54) is 0 Å². The molecule has 5 aromatic rings. The second-order valence-corrected chi connectivity index (χ2v) is 16.3. The fourth-order valence-corrected chi connectivity index (χ4v) is 6.93. The number of anilines is 1. The van der Waals surface area contributed by atoms with Crippen molar-refractivity contribution >= 4 is 23.6 Å². The maximum absolute atomic E-state index is 13.6. The standard InChI is InChI=1S/C41H51N9O4/c1-27-12-14-28(15-13-27)50-36(24-34(46-50)40(2,3)4)43-38(51)42-32-17-18-33(31-11-9-8-10-30(31)32)53-29-16-19-35-44-45-37(49(35)25-29)26-47-20-22-48(23-21-47)39(52)54-41(5,6)7/h8-16,19,24-25,32-33H,17-18,20-23,26H2,1-7H3,(H2,42,43,51). The lowest BCUT2D eigenvalue weighted by Crippen LogP contribution is -2.49. The van der Waals surface area contributed by atoms with Crippen LogP contribution in [0.4, 0.5) is 15.4 Å². The molecule has 2 aromatic carbocycles. The van der Waals surface area contributed by atoms with E-state index in [2.05, 4.69) is 58.6 Å². The molecule has 284 valence electrons. The topological polar surface area (TPSA) is 131 Å². The van der Waals surface area contributed by atoms with E-state index < -0.39 is 5.60 Å². The highest BCUT2D eigenvalue weighted by Gasteiger charge is 2.31. The maximum atomic E-state index is 13.6. The second kappa shape index (κ2) is 14.8. The fraction of sp³-hybridized carbons (Fsp3) is 0.439. The number of hydrogen-bond donors (Lipinski definition) is 2. The van der Waals surface area contributed by atoms with Crippen LogP contribution in [0.5, 0.6) is 5.75 Å². The van der Waals surface area contributed by atoms with Crippen molar-refractivity contribution in [3.8, 4) is 11.4 Å². The van der Waals surface area contributed by atoms with Gasteiger partial charge in [-0.05, 0) is 75.9 Å². The first-order valence-electron chi connectivity index (χ1n) is 18.7. The van der Waals surface area contributed by atoms with Crippen molar-refractivity contribution in [3.05, 3.63) is 101 Å². The first kappa shape index (κ1) is 36.9. The Morgan fingerprint density at radius 3 is 2.30 bits per heavy atom. The highest BCUT2D eigenvalue weighted by molar-refractivity contribution is 5.89. The van der Waals surface area contributed by atoms with E-state index in [-0.39, 0.29) is 29.7 Å². The molecule has 7 rings (SSSR count). The zero-order valence-corrected chi connectivity index (χ0v) is 32.3. The number of rotatable bonds is 7. The van der Waals surface area contributed by atoms with Gasteiger partial charge >= 0.3 is 12.1 Å². The molecule has 3 aromatic heterocycles. The Kier molecular flexibility index (Phi) is 10.1. The molecule has 1 aliphatic heterocycles. The van der Waals surface area contributed by atoms with Gasteiger partial charge in [-0.3, -0.25) is 14.6 Å². The number of urea groups is 1. The van der Waals surface area contributed by atoms with Crippen molar-refractivity contribution in [3.63, 3.8) is 0 Å². The van der Waals surface area contributed by atoms with Crippen LogP contribution in [0.2, 0.25) is 0 Å². The fourth-order valence-electron chi connectivity index (χ4n) is 6.93. The molecule has 2 aliphatic rings. The number of ether oxygens (including phenoxy) is 2. The summed E-state index contributed by atoms with van der Waals surface area (Å²) in [6.45, 7) is 17.2. The lowest BCUT2D eigenvalue weighted by Gasteiger charge is -2.35. The summed E-state index contributed by atoms with van der Waals surface area (Å²) in [7, 11) is 0. The zero-order chi connectivity index (χ0) is 38.2. The number of pyridine rings is 1. The van der Waals surface area contributed by atoms with Crippen LogP contribution in [-0.2, 0) is 16.7 Å². The van der Waals surface area contributed by atoms with Crippen molar-refractivity contribution in [2.24, 2.45) is 0 Å². The number of aryl methyl sites for hydroxylation is 1. The molecular weight excluding hydrogens is 683 g/mol. The number of piperazine rings is 1. The minimum absolute atomic E-state index is 0.193. The summed E-state index contributed by atoms with van der Waals surface area (Å²) in [6, 6.07) is 21.6. The van der Waals surface area contributed by atoms with Crippen LogP contribution in [0.25, 0.3) is 11.3 Å². The van der Waals surface area contributed by atoms with Crippen LogP contribution < -0.4 is 15.4 Å². The van der Waals surface area contributed by atoms with Crippen LogP contribution in [0.3, 0.4) is 0 Å². The normalized spacial score (nSPS) is 17.9. The van der Waals surface area contributed by atoms with Gasteiger partial charge in [-0.2, -0.15) is 5.10 Å². The Morgan fingerprint density at radius 2 is 1.59 bits per heavy atom. The van der Waals surface area contributed by atoms with Gasteiger partial charge in [0.05, 0.1) is 30.2 Å². The van der Waals surface area contributed by atoms with Gasteiger partial charge in [-0.15, -0.1) is 10.2 Å². The molecule has 3 amide bonds. The van der Waals surface area contributed by atoms with Crippen molar-refractivity contribution in [2.75, 3.05) is 31.5 Å². The number of carbonyl (C=O) groups excluding carboxylic acids is 2. The summed E-state index contributed by atoms with van der Waals surface area (Å²) in [5.41, 5.74) is 5.02. The summed E-state index contributed by atoms with van der Waals surface area (Å²) in [6.07, 6.45) is 2.90. The molecule has 4 heterocycles. The van der Waals surface area contributed by atoms with Crippen LogP contribution >= 0.6 is 0 Å². The first-order valence-corrected chi connectivity index (χ1v) is 18.7. The molecule has 0 radical (unpaired) electrons. The average Bonchev–Trinajstić information content (AvgIpc) is 3.73. The van der Waals surface area contributed by atoms with Crippen molar-refractivity contribution < 1.29 is 19.1 Å². The zero-order valence-electron chi connectivity index (χ0n) is 32.3. The van der Waals surface area contributed by atoms with Gasteiger partial charge in [0.25, 0.3) is 0 Å². The third-order valence-electron chi connectivity index (χ3n) is 9.85. The minimum atomic E-state index is -0.519. The van der Waals surface area contributed by atoms with E-state index in [0.29, 0.717) is 57.1 Å². The SMILES string of the molecule is Cc1ccc(-n2nc(C(C)(C)C)cc2NC(=O)NC2CCC(Oc3ccc4nnc(CN5CCN(C(=O)OC(C)(C)C)CC5)n4c3)c3ccccc32)cc1. The van der Waals surface area contributed by atoms with Gasteiger partial charge < -0.3 is 19.7 Å². The number of nitrogens with one attached hydrogen (secondary N) is 2. The molecule has 0 bridgehead atoms. The van der Waals surface area contributed by atoms with E-state index in [1.54, 1.807) is 9.58 Å². The number of amides is 3. The second-order valence-electron chi connectivity index (χ2n) is 16.3. The van der Waals surface area contributed by atoms with E-state index in [0.717, 1.165) is 39.5 Å². The number of aromatic nitrogens is 5. The number of fused-ring (bicyclic) bond motifs is 2. The van der Waals surface area contributed by atoms with Gasteiger partial charge in [-0.25, -0.2) is 14.3 Å². The molecular formula is C41H51N9O4. The highest BCUT2D eigenvalue weighted by atomic mass is 16.6. The Morgan fingerprint density at radius 1 is 0.870 bits per heavy atom. The van der Waals surface area contributed by atoms with Crippen molar-refractivity contribution in [1.82, 2.24) is 39.5 Å². The predicted octanol–water partition coefficient (Wildman–Crippen LogP) is 7.35. The predicted molar refractivity (Wildman–Crippen MR) is 207 cm³/mol. The maximum Gasteiger partial charge on any atom is 0.410 e. The molecule has 1 fully saturated rings. The molecule has 13 nitrogen and oxygen atoms in total. The first-order chi connectivity index (χ1) is 25.7. The van der Waals surface area contributed by atoms with Crippen molar-refractivity contribution in [1.29, 1.82) is 0 Å². The summed E-state index contributed by atoms with van der Waals surface area (Å²) < 4.78 is 16.0. The molecule has 2 unspecified atom stereocenters. The average molecular weight is 734 g/mol. The van der Waals surface area contributed by atoms with Crippen LogP contribution in [0.1, 0.15) is 94.7 Å². The Balaban J connectivity index is 1.01. The van der Waals surface area contributed by atoms with Gasteiger partial charge in [0.15, 0.2) is 11.5 Å². The molecule has 0 saturated carbocycles. The number of benzene rings is 2. The monoisotopic (exact) mass is 733 g/mol. The lowest BCUT2D eigenvalue weighted by atomic mass is 9.85.